The van der Waals surface area contributed by atoms with E-state index in [4.69, 9.17) is 4.52 Å². The smallest absolute Gasteiger partial charge is 0.319 e. The average molecular weight is 275 g/mol. The second-order valence-corrected chi connectivity index (χ2v) is 4.63. The van der Waals surface area contributed by atoms with Gasteiger partial charge in [-0.1, -0.05) is 22.9 Å². The van der Waals surface area contributed by atoms with Crippen molar-refractivity contribution in [3.8, 4) is 11.5 Å². The zero-order valence-corrected chi connectivity index (χ0v) is 11.8. The van der Waals surface area contributed by atoms with Gasteiger partial charge in [0.1, 0.15) is 0 Å². The molecule has 2 rings (SSSR count). The van der Waals surface area contributed by atoms with E-state index in [1.807, 2.05) is 31.2 Å². The third-order valence-corrected chi connectivity index (χ3v) is 2.80. The molecule has 0 radical (unpaired) electrons. The van der Waals surface area contributed by atoms with Crippen molar-refractivity contribution in [3.05, 3.63) is 35.7 Å². The Balaban J connectivity index is 2.02. The van der Waals surface area contributed by atoms with E-state index in [0.29, 0.717) is 18.3 Å². The minimum atomic E-state index is -0.297. The molecule has 0 saturated heterocycles. The first-order valence-corrected chi connectivity index (χ1v) is 6.23. The summed E-state index contributed by atoms with van der Waals surface area (Å²) in [6.07, 6.45) is 0. The highest BCUT2D eigenvalue weighted by Crippen LogP contribution is 2.17. The van der Waals surface area contributed by atoms with Gasteiger partial charge in [0.25, 0.3) is 5.89 Å². The van der Waals surface area contributed by atoms with Gasteiger partial charge in [0.05, 0.1) is 20.2 Å². The zero-order chi connectivity index (χ0) is 14.5. The summed E-state index contributed by atoms with van der Waals surface area (Å²) in [6, 6.07) is 7.85. The van der Waals surface area contributed by atoms with E-state index in [-0.39, 0.29) is 12.5 Å². The Morgan fingerprint density at radius 2 is 2.05 bits per heavy atom. The van der Waals surface area contributed by atoms with E-state index in [2.05, 4.69) is 14.9 Å². The van der Waals surface area contributed by atoms with Crippen LogP contribution in [0.25, 0.3) is 11.5 Å². The summed E-state index contributed by atoms with van der Waals surface area (Å²) in [5.74, 6) is 0.716. The third-order valence-electron chi connectivity index (χ3n) is 2.80. The zero-order valence-electron chi connectivity index (χ0n) is 11.8. The lowest BCUT2D eigenvalue weighted by Gasteiger charge is -2.11. The van der Waals surface area contributed by atoms with Crippen LogP contribution in [0.15, 0.2) is 28.8 Å². The van der Waals surface area contributed by atoms with Gasteiger partial charge in [-0.15, -0.1) is 0 Å². The molecule has 0 aliphatic rings. The summed E-state index contributed by atoms with van der Waals surface area (Å²) in [6.45, 7) is 2.63. The van der Waals surface area contributed by atoms with Crippen molar-refractivity contribution >= 4 is 5.97 Å². The van der Waals surface area contributed by atoms with E-state index in [9.17, 15) is 4.79 Å². The first-order chi connectivity index (χ1) is 9.58. The maximum atomic E-state index is 11.1. The molecule has 0 amide bonds. The molecule has 106 valence electrons. The van der Waals surface area contributed by atoms with Crippen LogP contribution >= 0.6 is 0 Å². The molecule has 0 N–H and O–H groups in total. The van der Waals surface area contributed by atoms with Gasteiger partial charge < -0.3 is 9.26 Å². The topological polar surface area (TPSA) is 68.5 Å². The Kier molecular flexibility index (Phi) is 4.47. The van der Waals surface area contributed by atoms with Crippen LogP contribution in [-0.4, -0.2) is 41.7 Å². The first kappa shape index (κ1) is 14.2. The van der Waals surface area contributed by atoms with Gasteiger partial charge in [0.2, 0.25) is 0 Å². The fraction of sp³-hybridized carbons (Fsp3) is 0.357. The van der Waals surface area contributed by atoms with Crippen LogP contribution in [0.5, 0.6) is 0 Å². The Morgan fingerprint density at radius 1 is 1.35 bits per heavy atom. The van der Waals surface area contributed by atoms with E-state index in [1.54, 1.807) is 11.9 Å². The molecule has 1 aromatic heterocycles. The number of esters is 1. The van der Waals surface area contributed by atoms with Gasteiger partial charge in [0, 0.05) is 5.56 Å². The molecule has 6 heteroatoms. The van der Waals surface area contributed by atoms with Crippen LogP contribution in [0.2, 0.25) is 0 Å². The highest BCUT2D eigenvalue weighted by molar-refractivity contribution is 5.71. The maximum Gasteiger partial charge on any atom is 0.319 e. The van der Waals surface area contributed by atoms with Crippen molar-refractivity contribution in [2.75, 3.05) is 20.7 Å². The van der Waals surface area contributed by atoms with Crippen LogP contribution in [0.4, 0.5) is 0 Å². The lowest BCUT2D eigenvalue weighted by atomic mass is 10.1. The SMILES string of the molecule is COC(=O)CN(C)Cc1noc(-c2ccc(C)cc2)n1. The molecule has 6 nitrogen and oxygen atoms in total. The summed E-state index contributed by atoms with van der Waals surface area (Å²) < 4.78 is 9.82. The summed E-state index contributed by atoms with van der Waals surface area (Å²) in [4.78, 5) is 17.2. The van der Waals surface area contributed by atoms with Crippen molar-refractivity contribution in [2.45, 2.75) is 13.5 Å². The molecule has 0 saturated carbocycles. The molecule has 0 atom stereocenters. The number of nitrogens with zero attached hydrogens (tertiary/aromatic N) is 3. The highest BCUT2D eigenvalue weighted by atomic mass is 16.5. The second-order valence-electron chi connectivity index (χ2n) is 4.63. The van der Waals surface area contributed by atoms with Crippen LogP contribution in [0.3, 0.4) is 0 Å². The second kappa shape index (κ2) is 6.29. The minimum Gasteiger partial charge on any atom is -0.468 e. The summed E-state index contributed by atoms with van der Waals surface area (Å²) in [7, 11) is 3.15. The molecule has 0 fully saturated rings. The first-order valence-electron chi connectivity index (χ1n) is 6.23. The maximum absolute atomic E-state index is 11.1. The van der Waals surface area contributed by atoms with E-state index in [0.717, 1.165) is 5.56 Å². The number of likely N-dealkylation sites (N-methyl/N-ethyl adjacent to an activating group) is 1. The third kappa shape index (κ3) is 3.64. The Morgan fingerprint density at radius 3 is 2.70 bits per heavy atom. The average Bonchev–Trinajstić information content (AvgIpc) is 2.87. The van der Waals surface area contributed by atoms with Crippen LogP contribution in [-0.2, 0) is 16.1 Å². The molecular weight excluding hydrogens is 258 g/mol. The molecule has 0 unspecified atom stereocenters. The van der Waals surface area contributed by atoms with Gasteiger partial charge in [-0.25, -0.2) is 0 Å². The van der Waals surface area contributed by atoms with Crippen molar-refractivity contribution < 1.29 is 14.1 Å². The number of aryl methyl sites for hydroxylation is 1. The van der Waals surface area contributed by atoms with Crippen LogP contribution in [0, 0.1) is 6.92 Å². The number of rotatable bonds is 5. The van der Waals surface area contributed by atoms with Crippen LogP contribution in [0.1, 0.15) is 11.4 Å². The lowest BCUT2D eigenvalue weighted by Crippen LogP contribution is -2.26. The molecular formula is C14H17N3O3. The number of hydrogen-bond donors (Lipinski definition) is 0. The predicted octanol–water partition coefficient (Wildman–Crippen LogP) is 1.65. The molecule has 1 heterocycles. The normalized spacial score (nSPS) is 10.8. The van der Waals surface area contributed by atoms with Crippen molar-refractivity contribution in [3.63, 3.8) is 0 Å². The molecule has 0 aliphatic heterocycles. The van der Waals surface area contributed by atoms with Gasteiger partial charge in [-0.2, -0.15) is 4.98 Å². The molecule has 2 aromatic rings. The number of benzene rings is 1. The Bertz CT molecular complexity index is 578. The van der Waals surface area contributed by atoms with Crippen molar-refractivity contribution in [1.82, 2.24) is 15.0 Å². The number of carbonyl (C=O) groups is 1. The summed E-state index contributed by atoms with van der Waals surface area (Å²) >= 11 is 0. The Hall–Kier alpha value is -2.21. The van der Waals surface area contributed by atoms with Gasteiger partial charge >= 0.3 is 5.97 Å². The van der Waals surface area contributed by atoms with Crippen molar-refractivity contribution in [1.29, 1.82) is 0 Å². The van der Waals surface area contributed by atoms with Gasteiger partial charge in [-0.05, 0) is 26.1 Å². The minimum absolute atomic E-state index is 0.185. The summed E-state index contributed by atoms with van der Waals surface area (Å²) in [5, 5.41) is 3.91. The number of carbonyl (C=O) groups excluding carboxylic acids is 1. The number of methoxy groups -OCH3 is 1. The van der Waals surface area contributed by atoms with Gasteiger partial charge in [-0.3, -0.25) is 9.69 Å². The molecule has 0 spiro atoms. The van der Waals surface area contributed by atoms with E-state index < -0.39 is 0 Å². The number of aromatic nitrogens is 2. The Labute approximate surface area is 117 Å². The molecule has 20 heavy (non-hydrogen) atoms. The lowest BCUT2D eigenvalue weighted by molar-refractivity contribution is -0.141. The quantitative estimate of drug-likeness (QED) is 0.773. The van der Waals surface area contributed by atoms with E-state index in [1.165, 1.54) is 12.7 Å². The largest absolute Gasteiger partial charge is 0.468 e. The fourth-order valence-electron chi connectivity index (χ4n) is 1.71. The molecule has 0 bridgehead atoms. The number of ether oxygens (including phenoxy) is 1. The molecule has 0 aliphatic carbocycles. The summed E-state index contributed by atoms with van der Waals surface area (Å²) in [5.41, 5.74) is 2.05. The van der Waals surface area contributed by atoms with Crippen LogP contribution < -0.4 is 0 Å². The van der Waals surface area contributed by atoms with Crippen molar-refractivity contribution in [2.24, 2.45) is 0 Å². The highest BCUT2D eigenvalue weighted by Gasteiger charge is 2.12. The molecule has 1 aromatic carbocycles. The van der Waals surface area contributed by atoms with E-state index >= 15 is 0 Å². The monoisotopic (exact) mass is 275 g/mol. The fourth-order valence-corrected chi connectivity index (χ4v) is 1.71. The van der Waals surface area contributed by atoms with Gasteiger partial charge in [0.15, 0.2) is 5.82 Å². The standard InChI is InChI=1S/C14H17N3O3/c1-10-4-6-11(7-5-10)14-15-12(16-20-14)8-17(2)9-13(18)19-3/h4-7H,8-9H2,1-3H3. The number of hydrogen-bond acceptors (Lipinski definition) is 6. The predicted molar refractivity (Wildman–Crippen MR) is 72.8 cm³/mol.